The molecule has 5 rings (SSSR count). The summed E-state index contributed by atoms with van der Waals surface area (Å²) in [4.78, 5) is 16.9. The standard InChI is InChI=1S/C28H30N2OS/c29-19-21-11-12-26-25(17-21)28(20-32-26)13-15-30(16-14-28)27(31)18-24(22-7-3-1-4-8-22)23-9-5-2-6-10-23/h1-12,17,24H,13-16,18-20,29H2. The van der Waals surface area contributed by atoms with E-state index in [4.69, 9.17) is 5.73 Å². The van der Waals surface area contributed by atoms with Crippen molar-refractivity contribution in [1.29, 1.82) is 0 Å². The first kappa shape index (κ1) is 21.3. The normalized spacial score (nSPS) is 17.0. The van der Waals surface area contributed by atoms with Crippen LogP contribution in [0.2, 0.25) is 0 Å². The molecule has 3 nitrogen and oxygen atoms in total. The smallest absolute Gasteiger partial charge is 0.223 e. The molecule has 3 aromatic rings. The van der Waals surface area contributed by atoms with Crippen molar-refractivity contribution in [2.24, 2.45) is 5.73 Å². The minimum Gasteiger partial charge on any atom is -0.343 e. The topological polar surface area (TPSA) is 46.3 Å². The Kier molecular flexibility index (Phi) is 6.07. The first-order valence-electron chi connectivity index (χ1n) is 11.5. The summed E-state index contributed by atoms with van der Waals surface area (Å²) in [5, 5.41) is 0. The van der Waals surface area contributed by atoms with Crippen LogP contribution in [0.5, 0.6) is 0 Å². The first-order chi connectivity index (χ1) is 15.7. The Labute approximate surface area is 195 Å². The Bertz CT molecular complexity index is 1040. The van der Waals surface area contributed by atoms with Gasteiger partial charge in [0.15, 0.2) is 0 Å². The molecule has 4 heteroatoms. The summed E-state index contributed by atoms with van der Waals surface area (Å²) in [6, 6.07) is 27.6. The van der Waals surface area contributed by atoms with Crippen molar-refractivity contribution in [3.8, 4) is 0 Å². The third kappa shape index (κ3) is 4.10. The number of piperidine rings is 1. The van der Waals surface area contributed by atoms with E-state index in [0.29, 0.717) is 13.0 Å². The molecule has 0 aromatic heterocycles. The van der Waals surface area contributed by atoms with Gasteiger partial charge in [0, 0.05) is 48.0 Å². The lowest BCUT2D eigenvalue weighted by Gasteiger charge is -2.40. The lowest BCUT2D eigenvalue weighted by molar-refractivity contribution is -0.132. The molecule has 0 saturated carbocycles. The number of likely N-dealkylation sites (tertiary alicyclic amines) is 1. The third-order valence-electron chi connectivity index (χ3n) is 7.21. The number of thioether (sulfide) groups is 1. The maximum absolute atomic E-state index is 13.4. The van der Waals surface area contributed by atoms with Gasteiger partial charge >= 0.3 is 0 Å². The van der Waals surface area contributed by atoms with E-state index in [2.05, 4.69) is 71.6 Å². The van der Waals surface area contributed by atoms with E-state index in [1.54, 1.807) is 0 Å². The first-order valence-corrected chi connectivity index (χ1v) is 12.5. The van der Waals surface area contributed by atoms with Crippen molar-refractivity contribution in [2.45, 2.75) is 42.0 Å². The van der Waals surface area contributed by atoms with Crippen molar-refractivity contribution < 1.29 is 4.79 Å². The highest BCUT2D eigenvalue weighted by Crippen LogP contribution is 2.50. The second-order valence-electron chi connectivity index (χ2n) is 9.06. The van der Waals surface area contributed by atoms with Gasteiger partial charge in [0.25, 0.3) is 0 Å². The van der Waals surface area contributed by atoms with Gasteiger partial charge in [-0.3, -0.25) is 4.79 Å². The molecule has 2 aliphatic rings. The molecular weight excluding hydrogens is 412 g/mol. The lowest BCUT2D eigenvalue weighted by atomic mass is 9.74. The summed E-state index contributed by atoms with van der Waals surface area (Å²) in [5.74, 6) is 1.48. The molecule has 2 aliphatic heterocycles. The van der Waals surface area contributed by atoms with Gasteiger partial charge in [-0.05, 0) is 41.2 Å². The van der Waals surface area contributed by atoms with Gasteiger partial charge < -0.3 is 10.6 Å². The van der Waals surface area contributed by atoms with Gasteiger partial charge in [-0.25, -0.2) is 0 Å². The molecule has 1 fully saturated rings. The SMILES string of the molecule is NCc1ccc2c(c1)C1(CCN(C(=O)CC(c3ccccc3)c3ccccc3)CC1)CS2. The van der Waals surface area contributed by atoms with Crippen molar-refractivity contribution in [1.82, 2.24) is 4.90 Å². The lowest BCUT2D eigenvalue weighted by Crippen LogP contribution is -2.45. The third-order valence-corrected chi connectivity index (χ3v) is 8.57. The summed E-state index contributed by atoms with van der Waals surface area (Å²) < 4.78 is 0. The van der Waals surface area contributed by atoms with E-state index in [9.17, 15) is 4.79 Å². The molecule has 0 aliphatic carbocycles. The van der Waals surface area contributed by atoms with Crippen molar-refractivity contribution in [3.63, 3.8) is 0 Å². The number of fused-ring (bicyclic) bond motifs is 2. The van der Waals surface area contributed by atoms with Gasteiger partial charge in [-0.15, -0.1) is 11.8 Å². The molecule has 0 atom stereocenters. The number of benzene rings is 3. The van der Waals surface area contributed by atoms with E-state index >= 15 is 0 Å². The summed E-state index contributed by atoms with van der Waals surface area (Å²) >= 11 is 1.96. The summed E-state index contributed by atoms with van der Waals surface area (Å²) in [5.41, 5.74) is 11.2. The van der Waals surface area contributed by atoms with Crippen LogP contribution in [0.1, 0.15) is 47.4 Å². The van der Waals surface area contributed by atoms with Gasteiger partial charge in [0.1, 0.15) is 0 Å². The van der Waals surface area contributed by atoms with Crippen LogP contribution in [0.25, 0.3) is 0 Å². The molecule has 0 radical (unpaired) electrons. The van der Waals surface area contributed by atoms with Crippen LogP contribution in [0.4, 0.5) is 0 Å². The van der Waals surface area contributed by atoms with Crippen molar-refractivity contribution in [2.75, 3.05) is 18.8 Å². The molecule has 0 bridgehead atoms. The predicted octanol–water partition coefficient (Wildman–Crippen LogP) is 5.33. The number of nitrogens with two attached hydrogens (primary N) is 1. The monoisotopic (exact) mass is 442 g/mol. The second-order valence-corrected chi connectivity index (χ2v) is 10.1. The van der Waals surface area contributed by atoms with Gasteiger partial charge in [0.2, 0.25) is 5.91 Å². The van der Waals surface area contributed by atoms with E-state index in [1.807, 2.05) is 23.9 Å². The fourth-order valence-corrected chi connectivity index (χ4v) is 6.71. The van der Waals surface area contributed by atoms with E-state index in [1.165, 1.54) is 27.1 Å². The van der Waals surface area contributed by atoms with E-state index in [0.717, 1.165) is 31.7 Å². The zero-order valence-electron chi connectivity index (χ0n) is 18.4. The van der Waals surface area contributed by atoms with Gasteiger partial charge in [-0.2, -0.15) is 0 Å². The number of amides is 1. The minimum absolute atomic E-state index is 0.0932. The average molecular weight is 443 g/mol. The summed E-state index contributed by atoms with van der Waals surface area (Å²) in [6.45, 7) is 2.25. The molecule has 2 N–H and O–H groups in total. The van der Waals surface area contributed by atoms with Crippen molar-refractivity contribution >= 4 is 17.7 Å². The number of carbonyl (C=O) groups is 1. The van der Waals surface area contributed by atoms with Crippen LogP contribution >= 0.6 is 11.8 Å². The van der Waals surface area contributed by atoms with Gasteiger partial charge in [0.05, 0.1) is 0 Å². The number of carbonyl (C=O) groups excluding carboxylic acids is 1. The van der Waals surface area contributed by atoms with Crippen LogP contribution in [-0.2, 0) is 16.8 Å². The minimum atomic E-state index is 0.0932. The molecular formula is C28H30N2OS. The Balaban J connectivity index is 1.31. The number of nitrogens with zero attached hydrogens (tertiary/aromatic N) is 1. The Morgan fingerprint density at radius 1 is 0.938 bits per heavy atom. The average Bonchev–Trinajstić information content (AvgIpc) is 3.21. The number of hydrogen-bond donors (Lipinski definition) is 1. The van der Waals surface area contributed by atoms with Crippen LogP contribution < -0.4 is 5.73 Å². The van der Waals surface area contributed by atoms with Crippen LogP contribution in [0.3, 0.4) is 0 Å². The quantitative estimate of drug-likeness (QED) is 0.581. The van der Waals surface area contributed by atoms with Crippen molar-refractivity contribution in [3.05, 3.63) is 101 Å². The zero-order valence-corrected chi connectivity index (χ0v) is 19.2. The Hall–Kier alpha value is -2.56. The summed E-state index contributed by atoms with van der Waals surface area (Å²) in [7, 11) is 0. The molecule has 1 spiro atoms. The van der Waals surface area contributed by atoms with E-state index < -0.39 is 0 Å². The van der Waals surface area contributed by atoms with Crippen LogP contribution in [-0.4, -0.2) is 29.6 Å². The van der Waals surface area contributed by atoms with Crippen LogP contribution in [0, 0.1) is 0 Å². The maximum atomic E-state index is 13.4. The molecule has 0 unspecified atom stereocenters. The molecule has 32 heavy (non-hydrogen) atoms. The molecule has 164 valence electrons. The number of hydrogen-bond acceptors (Lipinski definition) is 3. The highest BCUT2D eigenvalue weighted by atomic mass is 32.2. The highest BCUT2D eigenvalue weighted by Gasteiger charge is 2.42. The predicted molar refractivity (Wildman–Crippen MR) is 132 cm³/mol. The Morgan fingerprint density at radius 3 is 2.16 bits per heavy atom. The largest absolute Gasteiger partial charge is 0.343 e. The molecule has 3 aromatic carbocycles. The molecule has 2 heterocycles. The fourth-order valence-electron chi connectivity index (χ4n) is 5.24. The highest BCUT2D eigenvalue weighted by molar-refractivity contribution is 7.99. The van der Waals surface area contributed by atoms with E-state index in [-0.39, 0.29) is 17.2 Å². The van der Waals surface area contributed by atoms with Gasteiger partial charge in [-0.1, -0.05) is 72.8 Å². The second kappa shape index (κ2) is 9.13. The van der Waals surface area contributed by atoms with Crippen LogP contribution in [0.15, 0.2) is 83.8 Å². The zero-order chi connectivity index (χ0) is 22.0. The fraction of sp³-hybridized carbons (Fsp3) is 0.321. The Morgan fingerprint density at radius 2 is 1.56 bits per heavy atom. The maximum Gasteiger partial charge on any atom is 0.223 e. The number of rotatable bonds is 5. The summed E-state index contributed by atoms with van der Waals surface area (Å²) in [6.07, 6.45) is 2.59. The molecule has 1 saturated heterocycles. The molecule has 1 amide bonds.